The predicted molar refractivity (Wildman–Crippen MR) is 70.0 cm³/mol. The van der Waals surface area contributed by atoms with Crippen molar-refractivity contribution >= 4 is 11.9 Å². The summed E-state index contributed by atoms with van der Waals surface area (Å²) >= 11 is 0. The van der Waals surface area contributed by atoms with Crippen molar-refractivity contribution in [2.24, 2.45) is 0 Å². The first-order chi connectivity index (χ1) is 9.67. The molecule has 3 amide bonds. The number of likely N-dealkylation sites (tertiary alicyclic amines) is 1. The largest absolute Gasteiger partial charge is 0.347 e. The van der Waals surface area contributed by atoms with E-state index in [0.29, 0.717) is 45.2 Å². The lowest BCUT2D eigenvalue weighted by Gasteiger charge is -2.37. The Bertz CT molecular complexity index is 381. The van der Waals surface area contributed by atoms with Gasteiger partial charge in [0.1, 0.15) is 0 Å². The number of nitrogens with zero attached hydrogens (tertiary/aromatic N) is 1. The van der Waals surface area contributed by atoms with Crippen LogP contribution < -0.4 is 10.6 Å². The van der Waals surface area contributed by atoms with E-state index in [4.69, 9.17) is 9.47 Å². The molecule has 2 aliphatic heterocycles. The highest BCUT2D eigenvalue weighted by Crippen LogP contribution is 2.31. The van der Waals surface area contributed by atoms with Crippen LogP contribution in [0.3, 0.4) is 0 Å². The zero-order valence-corrected chi connectivity index (χ0v) is 11.5. The fourth-order valence-corrected chi connectivity index (χ4v) is 2.61. The monoisotopic (exact) mass is 283 g/mol. The van der Waals surface area contributed by atoms with Crippen LogP contribution in [-0.4, -0.2) is 61.5 Å². The maximum atomic E-state index is 12.0. The molecule has 2 saturated heterocycles. The van der Waals surface area contributed by atoms with Crippen molar-refractivity contribution < 1.29 is 19.1 Å². The number of hydrogen-bond donors (Lipinski definition) is 2. The molecule has 3 fully saturated rings. The van der Waals surface area contributed by atoms with Gasteiger partial charge >= 0.3 is 6.03 Å². The minimum atomic E-state index is -0.465. The van der Waals surface area contributed by atoms with E-state index in [2.05, 4.69) is 10.6 Å². The molecule has 2 N–H and O–H groups in total. The van der Waals surface area contributed by atoms with Crippen molar-refractivity contribution in [2.45, 2.75) is 37.5 Å². The molecule has 0 unspecified atom stereocenters. The zero-order valence-electron chi connectivity index (χ0n) is 11.5. The van der Waals surface area contributed by atoms with Crippen LogP contribution in [0, 0.1) is 0 Å². The van der Waals surface area contributed by atoms with E-state index >= 15 is 0 Å². The van der Waals surface area contributed by atoms with Gasteiger partial charge in [-0.25, -0.2) is 4.79 Å². The molecule has 0 aromatic heterocycles. The number of piperidine rings is 1. The van der Waals surface area contributed by atoms with Crippen LogP contribution in [0.4, 0.5) is 4.79 Å². The third kappa shape index (κ3) is 3.21. The van der Waals surface area contributed by atoms with Crippen molar-refractivity contribution in [1.82, 2.24) is 15.5 Å². The van der Waals surface area contributed by atoms with E-state index in [0.717, 1.165) is 12.8 Å². The molecule has 0 aromatic rings. The third-order valence-corrected chi connectivity index (χ3v) is 4.00. The minimum absolute atomic E-state index is 0.0489. The van der Waals surface area contributed by atoms with Gasteiger partial charge < -0.3 is 25.0 Å². The Labute approximate surface area is 118 Å². The second kappa shape index (κ2) is 5.57. The molecule has 2 heterocycles. The van der Waals surface area contributed by atoms with Gasteiger partial charge in [0, 0.05) is 32.0 Å². The quantitative estimate of drug-likeness (QED) is 0.752. The van der Waals surface area contributed by atoms with E-state index < -0.39 is 5.79 Å². The topological polar surface area (TPSA) is 79.9 Å². The summed E-state index contributed by atoms with van der Waals surface area (Å²) in [6.07, 6.45) is 3.48. The molecule has 0 atom stereocenters. The summed E-state index contributed by atoms with van der Waals surface area (Å²) in [6.45, 7) is 2.55. The standard InChI is InChI=1S/C13H21N3O4/c17-11(9-14-12(18)15-10-1-2-10)16-5-3-13(4-6-16)19-7-8-20-13/h10H,1-9H2,(H2,14,15,18). The summed E-state index contributed by atoms with van der Waals surface area (Å²) < 4.78 is 11.2. The third-order valence-electron chi connectivity index (χ3n) is 4.00. The fourth-order valence-electron chi connectivity index (χ4n) is 2.61. The number of carbonyl (C=O) groups is 2. The highest BCUT2D eigenvalue weighted by molar-refractivity contribution is 5.84. The van der Waals surface area contributed by atoms with Crippen LogP contribution >= 0.6 is 0 Å². The van der Waals surface area contributed by atoms with Crippen LogP contribution in [0.5, 0.6) is 0 Å². The van der Waals surface area contributed by atoms with Gasteiger partial charge in [-0.05, 0) is 12.8 Å². The Hall–Kier alpha value is -1.34. The van der Waals surface area contributed by atoms with Gasteiger partial charge in [-0.15, -0.1) is 0 Å². The molecular weight excluding hydrogens is 262 g/mol. The molecule has 20 heavy (non-hydrogen) atoms. The van der Waals surface area contributed by atoms with Crippen molar-refractivity contribution in [3.05, 3.63) is 0 Å². The second-order valence-electron chi connectivity index (χ2n) is 5.59. The highest BCUT2D eigenvalue weighted by atomic mass is 16.7. The number of urea groups is 1. The highest BCUT2D eigenvalue weighted by Gasteiger charge is 2.40. The molecule has 7 heteroatoms. The van der Waals surface area contributed by atoms with Gasteiger partial charge in [0.15, 0.2) is 5.79 Å². The van der Waals surface area contributed by atoms with Crippen LogP contribution in [0.1, 0.15) is 25.7 Å². The lowest BCUT2D eigenvalue weighted by atomic mass is 10.0. The second-order valence-corrected chi connectivity index (χ2v) is 5.59. The predicted octanol–water partition coefficient (Wildman–Crippen LogP) is -0.186. The average molecular weight is 283 g/mol. The molecule has 0 radical (unpaired) electrons. The van der Waals surface area contributed by atoms with E-state index in [9.17, 15) is 9.59 Å². The van der Waals surface area contributed by atoms with E-state index in [1.165, 1.54) is 0 Å². The summed E-state index contributed by atoms with van der Waals surface area (Å²) in [4.78, 5) is 25.2. The number of ether oxygens (including phenoxy) is 2. The van der Waals surface area contributed by atoms with Crippen molar-refractivity contribution in [3.8, 4) is 0 Å². The first kappa shape index (κ1) is 13.6. The van der Waals surface area contributed by atoms with E-state index in [-0.39, 0.29) is 18.5 Å². The molecule has 1 saturated carbocycles. The summed E-state index contributed by atoms with van der Waals surface area (Å²) in [7, 11) is 0. The van der Waals surface area contributed by atoms with E-state index in [1.54, 1.807) is 4.90 Å². The number of nitrogens with one attached hydrogen (secondary N) is 2. The summed E-state index contributed by atoms with van der Waals surface area (Å²) in [5.41, 5.74) is 0. The van der Waals surface area contributed by atoms with Crippen molar-refractivity contribution in [2.75, 3.05) is 32.8 Å². The number of hydrogen-bond acceptors (Lipinski definition) is 4. The lowest BCUT2D eigenvalue weighted by molar-refractivity contribution is -0.187. The normalized spacial score (nSPS) is 24.7. The van der Waals surface area contributed by atoms with Gasteiger partial charge in [0.05, 0.1) is 19.8 Å². The first-order valence-corrected chi connectivity index (χ1v) is 7.27. The van der Waals surface area contributed by atoms with Crippen LogP contribution in [0.2, 0.25) is 0 Å². The maximum Gasteiger partial charge on any atom is 0.315 e. The number of carbonyl (C=O) groups excluding carboxylic acids is 2. The molecule has 7 nitrogen and oxygen atoms in total. The average Bonchev–Trinajstić information content (AvgIpc) is 3.15. The molecule has 1 aliphatic carbocycles. The van der Waals surface area contributed by atoms with Crippen LogP contribution in [-0.2, 0) is 14.3 Å². The minimum Gasteiger partial charge on any atom is -0.347 e. The molecule has 0 bridgehead atoms. The van der Waals surface area contributed by atoms with Gasteiger partial charge in [-0.1, -0.05) is 0 Å². The number of rotatable bonds is 3. The fraction of sp³-hybridized carbons (Fsp3) is 0.846. The maximum absolute atomic E-state index is 12.0. The Morgan fingerprint density at radius 2 is 1.80 bits per heavy atom. The Kier molecular flexibility index (Phi) is 3.80. The first-order valence-electron chi connectivity index (χ1n) is 7.27. The van der Waals surface area contributed by atoms with Crippen LogP contribution in [0.15, 0.2) is 0 Å². The number of amides is 3. The lowest BCUT2D eigenvalue weighted by Crippen LogP contribution is -2.50. The summed E-state index contributed by atoms with van der Waals surface area (Å²) in [5, 5.41) is 5.40. The van der Waals surface area contributed by atoms with Gasteiger partial charge in [-0.2, -0.15) is 0 Å². The zero-order chi connectivity index (χ0) is 14.0. The van der Waals surface area contributed by atoms with E-state index in [1.807, 2.05) is 0 Å². The smallest absolute Gasteiger partial charge is 0.315 e. The van der Waals surface area contributed by atoms with Gasteiger partial charge in [0.25, 0.3) is 0 Å². The molecule has 3 aliphatic rings. The molecule has 3 rings (SSSR count). The summed E-state index contributed by atoms with van der Waals surface area (Å²) in [6, 6.07) is 0.0494. The van der Waals surface area contributed by atoms with Gasteiger partial charge in [-0.3, -0.25) is 4.79 Å². The Morgan fingerprint density at radius 1 is 1.15 bits per heavy atom. The SMILES string of the molecule is O=C(NCC(=O)N1CCC2(CC1)OCCO2)NC1CC1. The van der Waals surface area contributed by atoms with Crippen LogP contribution in [0.25, 0.3) is 0 Å². The molecule has 1 spiro atoms. The van der Waals surface area contributed by atoms with Gasteiger partial charge in [0.2, 0.25) is 5.91 Å². The molecular formula is C13H21N3O4. The Morgan fingerprint density at radius 3 is 2.40 bits per heavy atom. The van der Waals surface area contributed by atoms with Crippen molar-refractivity contribution in [3.63, 3.8) is 0 Å². The molecule has 112 valence electrons. The summed E-state index contributed by atoms with van der Waals surface area (Å²) in [5.74, 6) is -0.517. The Balaban J connectivity index is 1.38. The van der Waals surface area contributed by atoms with Crippen molar-refractivity contribution in [1.29, 1.82) is 0 Å². The molecule has 0 aromatic carbocycles.